The third-order valence-electron chi connectivity index (χ3n) is 5.39. The number of carbonyl (C=O) groups excluding carboxylic acids is 1. The molecule has 248 valence electrons. The van der Waals surface area contributed by atoms with E-state index in [1.165, 1.54) is 26.0 Å². The van der Waals surface area contributed by atoms with E-state index in [-0.39, 0.29) is 17.8 Å². The topological polar surface area (TPSA) is 142 Å². The Bertz CT molecular complexity index is 1330. The van der Waals surface area contributed by atoms with Crippen LogP contribution in [0.5, 0.6) is 0 Å². The Kier molecular flexibility index (Phi) is 16.2. The summed E-state index contributed by atoms with van der Waals surface area (Å²) in [5, 5.41) is 15.4. The number of benzene rings is 2. The van der Waals surface area contributed by atoms with Crippen molar-refractivity contribution in [2.24, 2.45) is 21.9 Å². The van der Waals surface area contributed by atoms with Crippen molar-refractivity contribution < 1.29 is 35.9 Å². The fraction of sp³-hybridized carbons (Fsp3) is 0.345. The molecule has 10 nitrogen and oxygen atoms in total. The van der Waals surface area contributed by atoms with Crippen LogP contribution in [0.15, 0.2) is 70.6 Å². The predicted octanol–water partition coefficient (Wildman–Crippen LogP) is 4.69. The number of hydrazone groups is 2. The van der Waals surface area contributed by atoms with Crippen LogP contribution in [0.2, 0.25) is 0 Å². The first-order valence-corrected chi connectivity index (χ1v) is 13.4. The van der Waals surface area contributed by atoms with E-state index in [0.29, 0.717) is 30.8 Å². The zero-order valence-electron chi connectivity index (χ0n) is 25.5. The number of hydrogen-bond acceptors (Lipinski definition) is 8. The molecule has 0 spiro atoms. The van der Waals surface area contributed by atoms with Gasteiger partial charge in [0.25, 0.3) is 5.91 Å². The lowest BCUT2D eigenvalue weighted by molar-refractivity contribution is -0.305. The van der Waals surface area contributed by atoms with Crippen LogP contribution >= 0.6 is 0 Å². The van der Waals surface area contributed by atoms with Gasteiger partial charge in [-0.25, -0.2) is 19.0 Å². The zero-order valence-corrected chi connectivity index (χ0v) is 25.5. The smallest absolute Gasteiger partial charge is 0.411 e. The van der Waals surface area contributed by atoms with Gasteiger partial charge < -0.3 is 15.9 Å². The number of amides is 1. The lowest BCUT2D eigenvalue weighted by atomic mass is 10.1. The Labute approximate surface area is 257 Å². The maximum Gasteiger partial charge on any atom is 0.572 e. The van der Waals surface area contributed by atoms with Gasteiger partial charge >= 0.3 is 6.36 Å². The van der Waals surface area contributed by atoms with Crippen LogP contribution in [-0.2, 0) is 11.3 Å². The van der Waals surface area contributed by atoms with Gasteiger partial charge in [-0.05, 0) is 76.1 Å². The second-order valence-corrected chi connectivity index (χ2v) is 9.70. The number of nitrogens with one attached hydrogen (secondary N) is 3. The van der Waals surface area contributed by atoms with Gasteiger partial charge in [-0.15, -0.1) is 18.3 Å². The molecule has 2 aromatic carbocycles. The summed E-state index contributed by atoms with van der Waals surface area (Å²) in [6.45, 7) is 10.1. The summed E-state index contributed by atoms with van der Waals surface area (Å²) in [4.78, 5) is 12.2. The standard InChI is InChI=1S/C22H33F3N8O2.C7H5F3/c1-15(2)32-33(13-12-28-16(3)6-5-7-17(4)35-22(23,24)25)14-18-8-10-19(11-9-18)20(34)29-21(30-26)31-27;1-4-2-5(8)7(10)6(9)3-4/h5-11,16,28H,12-14,26-27H2,1-4H3,(H2,29,30,31,34);2-3H,1H3/b6-5-,17-7+;. The number of ether oxygens (including phenoxy) is 1. The van der Waals surface area contributed by atoms with Crippen molar-refractivity contribution in [3.8, 4) is 0 Å². The van der Waals surface area contributed by atoms with Gasteiger partial charge in [0.05, 0.1) is 6.54 Å². The molecule has 0 aliphatic carbocycles. The summed E-state index contributed by atoms with van der Waals surface area (Å²) >= 11 is 0. The van der Waals surface area contributed by atoms with Gasteiger partial charge in [0.15, 0.2) is 17.5 Å². The van der Waals surface area contributed by atoms with E-state index in [2.05, 4.69) is 31.0 Å². The van der Waals surface area contributed by atoms with E-state index in [1.54, 1.807) is 18.2 Å². The fourth-order valence-electron chi connectivity index (χ4n) is 3.45. The molecule has 0 aromatic heterocycles. The number of halogens is 6. The summed E-state index contributed by atoms with van der Waals surface area (Å²) in [7, 11) is 0. The van der Waals surface area contributed by atoms with E-state index in [1.807, 2.05) is 37.9 Å². The van der Waals surface area contributed by atoms with Crippen LogP contribution in [0, 0.1) is 24.4 Å². The van der Waals surface area contributed by atoms with Gasteiger partial charge in [-0.3, -0.25) is 20.5 Å². The van der Waals surface area contributed by atoms with Crippen LogP contribution in [0.1, 0.15) is 49.2 Å². The second kappa shape index (κ2) is 19.0. The molecule has 0 aliphatic heterocycles. The first-order chi connectivity index (χ1) is 21.0. The largest absolute Gasteiger partial charge is 0.572 e. The molecule has 45 heavy (non-hydrogen) atoms. The van der Waals surface area contributed by atoms with Crippen molar-refractivity contribution in [3.63, 3.8) is 0 Å². The van der Waals surface area contributed by atoms with Crippen LogP contribution in [0.25, 0.3) is 0 Å². The molecule has 16 heteroatoms. The lowest BCUT2D eigenvalue weighted by Crippen LogP contribution is -2.45. The molecule has 0 bridgehead atoms. The average Bonchev–Trinajstić information content (AvgIpc) is 2.93. The number of rotatable bonds is 11. The second-order valence-electron chi connectivity index (χ2n) is 9.70. The third-order valence-corrected chi connectivity index (χ3v) is 5.39. The summed E-state index contributed by atoms with van der Waals surface area (Å²) in [5.41, 5.74) is 4.76. The lowest BCUT2D eigenvalue weighted by Gasteiger charge is -2.21. The van der Waals surface area contributed by atoms with Gasteiger partial charge in [0.1, 0.15) is 5.76 Å². The molecule has 2 aromatic rings. The first kappa shape index (κ1) is 38.5. The van der Waals surface area contributed by atoms with E-state index < -0.39 is 29.7 Å². The molecule has 1 unspecified atom stereocenters. The summed E-state index contributed by atoms with van der Waals surface area (Å²) in [5.74, 6) is 5.88. The molecule has 1 atom stereocenters. The van der Waals surface area contributed by atoms with Crippen LogP contribution in [-0.4, -0.2) is 48.1 Å². The van der Waals surface area contributed by atoms with E-state index in [9.17, 15) is 31.1 Å². The number of hydrazine groups is 1. The number of nitrogens with two attached hydrogens (primary N) is 2. The molecule has 0 heterocycles. The molecule has 7 N–H and O–H groups in total. The summed E-state index contributed by atoms with van der Waals surface area (Å²) < 4.78 is 76.9. The third kappa shape index (κ3) is 16.2. The van der Waals surface area contributed by atoms with Crippen molar-refractivity contribution in [1.29, 1.82) is 0 Å². The van der Waals surface area contributed by atoms with Crippen LogP contribution < -0.4 is 27.7 Å². The maximum absolute atomic E-state index is 12.2. The quantitative estimate of drug-likeness (QED) is 0.0349. The normalized spacial score (nSPS) is 12.6. The van der Waals surface area contributed by atoms with E-state index in [0.717, 1.165) is 23.4 Å². The maximum atomic E-state index is 12.2. The Hall–Kier alpha value is -4.57. The van der Waals surface area contributed by atoms with Gasteiger partial charge in [-0.1, -0.05) is 24.3 Å². The fourth-order valence-corrected chi connectivity index (χ4v) is 3.45. The summed E-state index contributed by atoms with van der Waals surface area (Å²) in [6.07, 6.45) is -0.207. The molecule has 0 saturated carbocycles. The molecule has 0 aliphatic rings. The Morgan fingerprint density at radius 3 is 2.20 bits per heavy atom. The number of aryl methyl sites for hydroxylation is 1. The van der Waals surface area contributed by atoms with E-state index >= 15 is 0 Å². The molecule has 1 amide bonds. The van der Waals surface area contributed by atoms with Gasteiger partial charge in [-0.2, -0.15) is 5.10 Å². The molecular formula is C29H38F6N8O2. The van der Waals surface area contributed by atoms with Crippen molar-refractivity contribution in [1.82, 2.24) is 21.1 Å². The minimum absolute atomic E-state index is 0.0598. The number of allylic oxidation sites excluding steroid dienone is 3. The van der Waals surface area contributed by atoms with Crippen LogP contribution in [0.3, 0.4) is 0 Å². The minimum Gasteiger partial charge on any atom is -0.411 e. The SMILES string of the molecule is CC(C)=NN(CCNC(C)/C=C\C=C(/C)OC(F)(F)F)Cc1ccc(C(=O)N/C(=N/N)NN)cc1.Cc1cc(F)c(F)c(F)c1. The van der Waals surface area contributed by atoms with Crippen molar-refractivity contribution >= 4 is 17.6 Å². The van der Waals surface area contributed by atoms with Crippen molar-refractivity contribution in [3.05, 3.63) is 94.5 Å². The Morgan fingerprint density at radius 2 is 1.69 bits per heavy atom. The number of alkyl halides is 3. The predicted molar refractivity (Wildman–Crippen MR) is 161 cm³/mol. The van der Waals surface area contributed by atoms with Crippen molar-refractivity contribution in [2.75, 3.05) is 13.1 Å². The Morgan fingerprint density at radius 1 is 1.09 bits per heavy atom. The molecular weight excluding hydrogens is 606 g/mol. The zero-order chi connectivity index (χ0) is 34.2. The summed E-state index contributed by atoms with van der Waals surface area (Å²) in [6, 6.07) is 8.76. The van der Waals surface area contributed by atoms with Crippen LogP contribution in [0.4, 0.5) is 26.3 Å². The number of guanidine groups is 1. The van der Waals surface area contributed by atoms with Gasteiger partial charge in [0, 0.05) is 30.4 Å². The highest BCUT2D eigenvalue weighted by molar-refractivity contribution is 6.05. The monoisotopic (exact) mass is 644 g/mol. The highest BCUT2D eigenvalue weighted by Crippen LogP contribution is 2.20. The molecule has 2 rings (SSSR count). The molecule has 0 saturated heterocycles. The number of carbonyl (C=O) groups is 1. The van der Waals surface area contributed by atoms with E-state index in [4.69, 9.17) is 11.7 Å². The Balaban J connectivity index is 0.000000852. The van der Waals surface area contributed by atoms with Crippen molar-refractivity contribution in [2.45, 2.75) is 53.6 Å². The van der Waals surface area contributed by atoms with Gasteiger partial charge in [0.2, 0.25) is 5.96 Å². The first-order valence-electron chi connectivity index (χ1n) is 13.4. The number of nitrogens with zero attached hydrogens (tertiary/aromatic N) is 3. The molecule has 0 radical (unpaired) electrons. The highest BCUT2D eigenvalue weighted by atomic mass is 19.4. The molecule has 0 fully saturated rings. The number of hydrogen-bond donors (Lipinski definition) is 5. The average molecular weight is 645 g/mol. The minimum atomic E-state index is -4.70. The highest BCUT2D eigenvalue weighted by Gasteiger charge is 2.30.